The van der Waals surface area contributed by atoms with Crippen molar-refractivity contribution in [3.05, 3.63) is 6.92 Å². The highest BCUT2D eigenvalue weighted by atomic mass is 14.1. The molecule has 0 fully saturated rings. The Balaban J connectivity index is 3.02. The Morgan fingerprint density at radius 3 is 1.45 bits per heavy atom. The molecule has 0 N–H and O–H groups in total. The van der Waals surface area contributed by atoms with Crippen molar-refractivity contribution in [3.8, 4) is 0 Å². The zero-order valence-electron chi connectivity index (χ0n) is 14.6. The standard InChI is InChI=1S/C20H41/c1-4-6-8-9-10-11-12-13-14-15-16-17-19-20(3)18-7-5-2/h20H,2,4-19H2,1,3H3. The van der Waals surface area contributed by atoms with E-state index in [1.807, 2.05) is 0 Å². The molecule has 0 aliphatic rings. The number of unbranched alkanes of at least 4 members (excludes halogenated alkanes) is 12. The molecule has 0 aromatic heterocycles. The van der Waals surface area contributed by atoms with E-state index in [-0.39, 0.29) is 0 Å². The van der Waals surface area contributed by atoms with Gasteiger partial charge < -0.3 is 0 Å². The molecule has 0 heterocycles. The van der Waals surface area contributed by atoms with Crippen LogP contribution in [0.4, 0.5) is 0 Å². The van der Waals surface area contributed by atoms with Gasteiger partial charge in [-0.1, -0.05) is 124 Å². The molecule has 0 saturated carbocycles. The van der Waals surface area contributed by atoms with E-state index >= 15 is 0 Å². The fourth-order valence-electron chi connectivity index (χ4n) is 2.97. The van der Waals surface area contributed by atoms with Gasteiger partial charge in [-0.2, -0.15) is 0 Å². The smallest absolute Gasteiger partial charge is 0.0443 e. The van der Waals surface area contributed by atoms with E-state index in [1.165, 1.54) is 96.3 Å². The summed E-state index contributed by atoms with van der Waals surface area (Å²) in [6.07, 6.45) is 22.8. The Morgan fingerprint density at radius 2 is 1.00 bits per heavy atom. The van der Waals surface area contributed by atoms with Gasteiger partial charge in [0.2, 0.25) is 0 Å². The monoisotopic (exact) mass is 281 g/mol. The lowest BCUT2D eigenvalue weighted by atomic mass is 9.97. The lowest BCUT2D eigenvalue weighted by Crippen LogP contribution is -1.94. The first-order valence-corrected chi connectivity index (χ1v) is 9.60. The maximum Gasteiger partial charge on any atom is -0.0443 e. The zero-order valence-corrected chi connectivity index (χ0v) is 14.6. The van der Waals surface area contributed by atoms with Gasteiger partial charge in [0.1, 0.15) is 0 Å². The molecule has 20 heavy (non-hydrogen) atoms. The van der Waals surface area contributed by atoms with E-state index in [2.05, 4.69) is 20.8 Å². The Kier molecular flexibility index (Phi) is 17.1. The summed E-state index contributed by atoms with van der Waals surface area (Å²) in [5, 5.41) is 0. The summed E-state index contributed by atoms with van der Waals surface area (Å²) >= 11 is 0. The second-order valence-electron chi connectivity index (χ2n) is 6.78. The molecule has 0 aliphatic carbocycles. The van der Waals surface area contributed by atoms with Crippen molar-refractivity contribution in [3.63, 3.8) is 0 Å². The van der Waals surface area contributed by atoms with Gasteiger partial charge in [0.25, 0.3) is 0 Å². The molecular formula is C20H41. The molecule has 0 heteroatoms. The Hall–Kier alpha value is 0. The van der Waals surface area contributed by atoms with Crippen LogP contribution in [0.1, 0.15) is 117 Å². The minimum absolute atomic E-state index is 0.930. The first-order valence-electron chi connectivity index (χ1n) is 9.60. The molecule has 1 radical (unpaired) electrons. The second-order valence-corrected chi connectivity index (χ2v) is 6.78. The van der Waals surface area contributed by atoms with Crippen molar-refractivity contribution in [2.75, 3.05) is 0 Å². The number of hydrogen-bond acceptors (Lipinski definition) is 0. The van der Waals surface area contributed by atoms with Crippen LogP contribution in [0.3, 0.4) is 0 Å². The van der Waals surface area contributed by atoms with Gasteiger partial charge in [-0.05, 0) is 5.92 Å². The highest BCUT2D eigenvalue weighted by Crippen LogP contribution is 2.17. The molecule has 0 aromatic rings. The van der Waals surface area contributed by atoms with E-state index in [1.54, 1.807) is 0 Å². The third kappa shape index (κ3) is 16.1. The van der Waals surface area contributed by atoms with E-state index in [0.717, 1.165) is 12.3 Å². The maximum atomic E-state index is 3.92. The molecule has 0 spiro atoms. The molecule has 1 unspecified atom stereocenters. The van der Waals surface area contributed by atoms with E-state index in [0.29, 0.717) is 0 Å². The Labute approximate surface area is 130 Å². The summed E-state index contributed by atoms with van der Waals surface area (Å²) in [4.78, 5) is 0. The molecule has 0 aromatic carbocycles. The largest absolute Gasteiger partial charge is 0.0654 e. The average Bonchev–Trinajstić information content (AvgIpc) is 2.46. The van der Waals surface area contributed by atoms with Crippen molar-refractivity contribution in [2.24, 2.45) is 5.92 Å². The minimum Gasteiger partial charge on any atom is -0.0654 e. The number of rotatable bonds is 16. The quantitative estimate of drug-likeness (QED) is 0.254. The van der Waals surface area contributed by atoms with Crippen LogP contribution in [0.25, 0.3) is 0 Å². The van der Waals surface area contributed by atoms with Crippen LogP contribution >= 0.6 is 0 Å². The Morgan fingerprint density at radius 1 is 0.600 bits per heavy atom. The average molecular weight is 282 g/mol. The first-order chi connectivity index (χ1) is 9.81. The van der Waals surface area contributed by atoms with Crippen molar-refractivity contribution < 1.29 is 0 Å². The molecule has 0 aliphatic heterocycles. The van der Waals surface area contributed by atoms with Gasteiger partial charge in [-0.3, -0.25) is 0 Å². The summed E-state index contributed by atoms with van der Waals surface area (Å²) in [6, 6.07) is 0. The highest BCUT2D eigenvalue weighted by Gasteiger charge is 2.00. The van der Waals surface area contributed by atoms with Crippen LogP contribution in [0.5, 0.6) is 0 Å². The topological polar surface area (TPSA) is 0 Å². The van der Waals surface area contributed by atoms with Crippen LogP contribution in [-0.2, 0) is 0 Å². The van der Waals surface area contributed by atoms with Gasteiger partial charge in [0.15, 0.2) is 0 Å². The van der Waals surface area contributed by atoms with Gasteiger partial charge in [0, 0.05) is 0 Å². The molecule has 0 rings (SSSR count). The molecule has 0 saturated heterocycles. The zero-order chi connectivity index (χ0) is 14.9. The summed E-state index contributed by atoms with van der Waals surface area (Å²) in [5.74, 6) is 0.930. The molecule has 0 amide bonds. The van der Waals surface area contributed by atoms with Crippen LogP contribution in [0.2, 0.25) is 0 Å². The second kappa shape index (κ2) is 17.1. The van der Waals surface area contributed by atoms with Gasteiger partial charge in [-0.25, -0.2) is 0 Å². The van der Waals surface area contributed by atoms with Crippen molar-refractivity contribution in [1.82, 2.24) is 0 Å². The van der Waals surface area contributed by atoms with Gasteiger partial charge in [0.05, 0.1) is 0 Å². The molecular weight excluding hydrogens is 240 g/mol. The first kappa shape index (κ1) is 20.0. The summed E-state index contributed by atoms with van der Waals surface area (Å²) in [5.41, 5.74) is 0. The van der Waals surface area contributed by atoms with Crippen LogP contribution in [-0.4, -0.2) is 0 Å². The van der Waals surface area contributed by atoms with Gasteiger partial charge in [-0.15, -0.1) is 0 Å². The van der Waals surface area contributed by atoms with Gasteiger partial charge >= 0.3 is 0 Å². The van der Waals surface area contributed by atoms with Crippen molar-refractivity contribution in [1.29, 1.82) is 0 Å². The molecule has 0 bridgehead atoms. The summed E-state index contributed by atoms with van der Waals surface area (Å²) in [7, 11) is 0. The molecule has 1 atom stereocenters. The molecule has 121 valence electrons. The maximum absolute atomic E-state index is 3.92. The highest BCUT2D eigenvalue weighted by molar-refractivity contribution is 4.55. The fraction of sp³-hybridized carbons (Fsp3) is 0.950. The summed E-state index contributed by atoms with van der Waals surface area (Å²) < 4.78 is 0. The fourth-order valence-corrected chi connectivity index (χ4v) is 2.97. The predicted octanol–water partition coefficient (Wildman–Crippen LogP) is 7.72. The SMILES string of the molecule is [CH2]CCCC(C)CCCCCCCCCCCCCC. The number of hydrogen-bond donors (Lipinski definition) is 0. The lowest BCUT2D eigenvalue weighted by molar-refractivity contribution is 0.443. The van der Waals surface area contributed by atoms with Crippen molar-refractivity contribution in [2.45, 2.75) is 117 Å². The third-order valence-electron chi connectivity index (χ3n) is 4.50. The van der Waals surface area contributed by atoms with Crippen molar-refractivity contribution >= 4 is 0 Å². The lowest BCUT2D eigenvalue weighted by Gasteiger charge is -2.10. The third-order valence-corrected chi connectivity index (χ3v) is 4.50. The minimum atomic E-state index is 0.930. The van der Waals surface area contributed by atoms with E-state index < -0.39 is 0 Å². The molecule has 0 nitrogen and oxygen atoms in total. The predicted molar refractivity (Wildman–Crippen MR) is 94.1 cm³/mol. The summed E-state index contributed by atoms with van der Waals surface area (Å²) in [6.45, 7) is 8.63. The van der Waals surface area contributed by atoms with Crippen LogP contribution in [0.15, 0.2) is 0 Å². The van der Waals surface area contributed by atoms with Crippen LogP contribution < -0.4 is 0 Å². The van der Waals surface area contributed by atoms with E-state index in [4.69, 9.17) is 0 Å². The van der Waals surface area contributed by atoms with Crippen LogP contribution in [0, 0.1) is 12.8 Å². The normalized spacial score (nSPS) is 12.8. The Bertz CT molecular complexity index is 161. The van der Waals surface area contributed by atoms with E-state index in [9.17, 15) is 0 Å².